The highest BCUT2D eigenvalue weighted by molar-refractivity contribution is 7.89. The van der Waals surface area contributed by atoms with Gasteiger partial charge in [-0.2, -0.15) is 4.31 Å². The zero-order chi connectivity index (χ0) is 19.0. The molecule has 1 N–H and O–H groups in total. The number of nitrogens with zero attached hydrogens (tertiary/aromatic N) is 1. The van der Waals surface area contributed by atoms with Crippen LogP contribution in [0.2, 0.25) is 0 Å². The van der Waals surface area contributed by atoms with Gasteiger partial charge in [0.05, 0.1) is 4.90 Å². The number of hydrogen-bond acceptors (Lipinski definition) is 3. The molecule has 1 saturated heterocycles. The molecule has 1 amide bonds. The van der Waals surface area contributed by atoms with E-state index in [2.05, 4.69) is 12.2 Å². The number of rotatable bonds is 5. The lowest BCUT2D eigenvalue weighted by atomic mass is 9.83. The van der Waals surface area contributed by atoms with Crippen molar-refractivity contribution >= 4 is 15.9 Å². The van der Waals surface area contributed by atoms with Crippen LogP contribution in [0.25, 0.3) is 0 Å². The van der Waals surface area contributed by atoms with Gasteiger partial charge in [-0.1, -0.05) is 24.6 Å². The first-order chi connectivity index (χ1) is 12.9. The molecule has 148 valence electrons. The Morgan fingerprint density at radius 1 is 1.07 bits per heavy atom. The summed E-state index contributed by atoms with van der Waals surface area (Å²) in [7, 11) is -3.45. The van der Waals surface area contributed by atoms with E-state index in [-0.39, 0.29) is 17.9 Å². The second-order valence-electron chi connectivity index (χ2n) is 8.63. The van der Waals surface area contributed by atoms with Crippen LogP contribution >= 0.6 is 0 Å². The minimum Gasteiger partial charge on any atom is -0.353 e. The molecule has 4 rings (SSSR count). The van der Waals surface area contributed by atoms with E-state index < -0.39 is 10.0 Å². The first kappa shape index (κ1) is 18.9. The van der Waals surface area contributed by atoms with Crippen molar-refractivity contribution in [2.24, 2.45) is 23.7 Å². The van der Waals surface area contributed by atoms with Crippen molar-refractivity contribution in [1.29, 1.82) is 0 Å². The smallest absolute Gasteiger partial charge is 0.243 e. The van der Waals surface area contributed by atoms with E-state index in [1.807, 2.05) is 6.07 Å². The predicted octanol–water partition coefficient (Wildman–Crippen LogP) is 3.03. The van der Waals surface area contributed by atoms with E-state index in [9.17, 15) is 13.2 Å². The van der Waals surface area contributed by atoms with Gasteiger partial charge in [0, 0.05) is 25.0 Å². The number of carbonyl (C=O) groups is 1. The Morgan fingerprint density at radius 2 is 1.78 bits per heavy atom. The molecule has 1 aliphatic heterocycles. The lowest BCUT2D eigenvalue weighted by Gasteiger charge is -2.33. The van der Waals surface area contributed by atoms with Gasteiger partial charge in [0.25, 0.3) is 0 Å². The molecule has 0 spiro atoms. The first-order valence-corrected chi connectivity index (χ1v) is 11.7. The Kier molecular flexibility index (Phi) is 5.30. The molecule has 4 atom stereocenters. The van der Waals surface area contributed by atoms with E-state index in [1.165, 1.54) is 30.0 Å². The van der Waals surface area contributed by atoms with Crippen molar-refractivity contribution in [2.45, 2.75) is 56.4 Å². The van der Waals surface area contributed by atoms with Crippen LogP contribution in [-0.4, -0.2) is 37.8 Å². The lowest BCUT2D eigenvalue weighted by molar-refractivity contribution is -0.127. The van der Waals surface area contributed by atoms with Gasteiger partial charge in [-0.3, -0.25) is 4.79 Å². The van der Waals surface area contributed by atoms with Crippen molar-refractivity contribution in [1.82, 2.24) is 9.62 Å². The van der Waals surface area contributed by atoms with Crippen molar-refractivity contribution in [3.63, 3.8) is 0 Å². The third-order valence-corrected chi connectivity index (χ3v) is 8.92. The zero-order valence-electron chi connectivity index (χ0n) is 16.0. The number of sulfonamides is 1. The molecule has 1 aromatic rings. The summed E-state index contributed by atoms with van der Waals surface area (Å²) in [5, 5.41) is 3.25. The average Bonchev–Trinajstić information content (AvgIpc) is 3.32. The molecular weight excluding hydrogens is 360 g/mol. The Labute approximate surface area is 162 Å². The molecule has 2 bridgehead atoms. The molecule has 27 heavy (non-hydrogen) atoms. The van der Waals surface area contributed by atoms with Gasteiger partial charge in [0.2, 0.25) is 15.9 Å². The van der Waals surface area contributed by atoms with Crippen LogP contribution in [0.3, 0.4) is 0 Å². The molecule has 1 heterocycles. The number of piperidine rings is 1. The lowest BCUT2D eigenvalue weighted by Crippen LogP contribution is -2.47. The molecule has 2 aliphatic carbocycles. The maximum absolute atomic E-state index is 12.7. The summed E-state index contributed by atoms with van der Waals surface area (Å²) in [5.74, 6) is 2.34. The maximum Gasteiger partial charge on any atom is 0.243 e. The summed E-state index contributed by atoms with van der Waals surface area (Å²) in [6.07, 6.45) is 6.50. The number of nitrogens with one attached hydrogen (secondary N) is 1. The van der Waals surface area contributed by atoms with Gasteiger partial charge in [0.1, 0.15) is 0 Å². The van der Waals surface area contributed by atoms with Crippen LogP contribution in [-0.2, 0) is 14.8 Å². The standard InChI is InChI=1S/C21H30N2O3S/c1-15(20-14-16-7-8-18(20)13-16)22-21(24)17-9-11-23(12-10-17)27(25,26)19-5-3-2-4-6-19/h2-6,15-18,20H,7-14H2,1H3,(H,22,24). The van der Waals surface area contributed by atoms with Crippen LogP contribution < -0.4 is 5.32 Å². The molecule has 0 aromatic heterocycles. The summed E-state index contributed by atoms with van der Waals surface area (Å²) in [6, 6.07) is 8.79. The molecule has 0 radical (unpaired) electrons. The van der Waals surface area contributed by atoms with Crippen molar-refractivity contribution in [3.8, 4) is 0 Å². The van der Waals surface area contributed by atoms with Gasteiger partial charge in [-0.15, -0.1) is 0 Å². The van der Waals surface area contributed by atoms with Crippen LogP contribution in [0.1, 0.15) is 45.4 Å². The molecule has 5 nitrogen and oxygen atoms in total. The third kappa shape index (κ3) is 3.79. The molecular formula is C21H30N2O3S. The van der Waals surface area contributed by atoms with E-state index in [4.69, 9.17) is 0 Å². The number of carbonyl (C=O) groups excluding carboxylic acids is 1. The van der Waals surface area contributed by atoms with Gasteiger partial charge < -0.3 is 5.32 Å². The Hall–Kier alpha value is -1.40. The van der Waals surface area contributed by atoms with Crippen LogP contribution in [0, 0.1) is 23.7 Å². The third-order valence-electron chi connectivity index (χ3n) is 7.01. The Balaban J connectivity index is 1.30. The minimum absolute atomic E-state index is 0.0757. The molecule has 4 unspecified atom stereocenters. The molecule has 3 fully saturated rings. The monoisotopic (exact) mass is 390 g/mol. The topological polar surface area (TPSA) is 66.5 Å². The van der Waals surface area contributed by atoms with E-state index in [0.29, 0.717) is 36.7 Å². The van der Waals surface area contributed by atoms with Crippen molar-refractivity contribution < 1.29 is 13.2 Å². The van der Waals surface area contributed by atoms with Gasteiger partial charge in [0.15, 0.2) is 0 Å². The van der Waals surface area contributed by atoms with E-state index in [0.717, 1.165) is 11.8 Å². The summed E-state index contributed by atoms with van der Waals surface area (Å²) < 4.78 is 26.9. The highest BCUT2D eigenvalue weighted by atomic mass is 32.2. The van der Waals surface area contributed by atoms with Crippen LogP contribution in [0.4, 0.5) is 0 Å². The second kappa shape index (κ2) is 7.55. The van der Waals surface area contributed by atoms with Crippen LogP contribution in [0.5, 0.6) is 0 Å². The largest absolute Gasteiger partial charge is 0.353 e. The van der Waals surface area contributed by atoms with Gasteiger partial charge >= 0.3 is 0 Å². The molecule has 2 saturated carbocycles. The fourth-order valence-corrected chi connectivity index (χ4v) is 6.95. The van der Waals surface area contributed by atoms with Gasteiger partial charge in [-0.25, -0.2) is 8.42 Å². The van der Waals surface area contributed by atoms with E-state index >= 15 is 0 Å². The minimum atomic E-state index is -3.45. The second-order valence-corrected chi connectivity index (χ2v) is 10.6. The zero-order valence-corrected chi connectivity index (χ0v) is 16.8. The molecule has 6 heteroatoms. The van der Waals surface area contributed by atoms with Crippen molar-refractivity contribution in [2.75, 3.05) is 13.1 Å². The predicted molar refractivity (Wildman–Crippen MR) is 104 cm³/mol. The normalized spacial score (nSPS) is 30.3. The highest BCUT2D eigenvalue weighted by Crippen LogP contribution is 2.49. The number of hydrogen-bond donors (Lipinski definition) is 1. The van der Waals surface area contributed by atoms with Crippen molar-refractivity contribution in [3.05, 3.63) is 30.3 Å². The fraction of sp³-hybridized carbons (Fsp3) is 0.667. The van der Waals surface area contributed by atoms with E-state index in [1.54, 1.807) is 24.3 Å². The molecule has 1 aromatic carbocycles. The fourth-order valence-electron chi connectivity index (χ4n) is 5.46. The first-order valence-electron chi connectivity index (χ1n) is 10.3. The Bertz CT molecular complexity index is 772. The quantitative estimate of drug-likeness (QED) is 0.840. The molecule has 3 aliphatic rings. The summed E-state index contributed by atoms with van der Waals surface area (Å²) in [6.45, 7) is 2.98. The average molecular weight is 391 g/mol. The Morgan fingerprint density at radius 3 is 2.37 bits per heavy atom. The SMILES string of the molecule is CC(NC(=O)C1CCN(S(=O)(=O)c2ccccc2)CC1)C1CC2CCC1C2. The summed E-state index contributed by atoms with van der Waals surface area (Å²) in [5.41, 5.74) is 0. The van der Waals surface area contributed by atoms with Gasteiger partial charge in [-0.05, 0) is 68.9 Å². The summed E-state index contributed by atoms with van der Waals surface area (Å²) >= 11 is 0. The summed E-state index contributed by atoms with van der Waals surface area (Å²) in [4.78, 5) is 13.1. The maximum atomic E-state index is 12.7. The number of benzene rings is 1. The highest BCUT2D eigenvalue weighted by Gasteiger charge is 2.42. The number of fused-ring (bicyclic) bond motifs is 2. The number of amides is 1. The van der Waals surface area contributed by atoms with Crippen LogP contribution in [0.15, 0.2) is 35.2 Å².